The molecule has 0 aliphatic carbocycles. The van der Waals surface area contributed by atoms with Crippen LogP contribution in [0.25, 0.3) is 16.7 Å². The Morgan fingerprint density at radius 3 is 3.00 bits per heavy atom. The van der Waals surface area contributed by atoms with E-state index in [0.29, 0.717) is 37.6 Å². The Balaban J connectivity index is 1.85. The van der Waals surface area contributed by atoms with Crippen LogP contribution in [0.2, 0.25) is 0 Å². The first kappa shape index (κ1) is 20.2. The Bertz CT molecular complexity index is 1220. The van der Waals surface area contributed by atoms with E-state index < -0.39 is 5.91 Å². The first-order valence-corrected chi connectivity index (χ1v) is 9.99. The van der Waals surface area contributed by atoms with E-state index in [1.54, 1.807) is 23.9 Å². The van der Waals surface area contributed by atoms with E-state index >= 15 is 0 Å². The molecule has 1 aliphatic rings. The number of nitrogens with one attached hydrogen (secondary N) is 2. The molecule has 0 saturated carbocycles. The first-order valence-electron chi connectivity index (χ1n) is 9.99. The molecule has 4 rings (SSSR count). The first-order chi connectivity index (χ1) is 14.5. The van der Waals surface area contributed by atoms with Crippen LogP contribution in [0.3, 0.4) is 0 Å². The Kier molecular flexibility index (Phi) is 5.65. The Hall–Kier alpha value is -3.04. The number of fused-ring (bicyclic) bond motifs is 2. The minimum absolute atomic E-state index is 0.00671. The molecule has 4 heterocycles. The van der Waals surface area contributed by atoms with E-state index in [-0.39, 0.29) is 28.1 Å². The van der Waals surface area contributed by atoms with Gasteiger partial charge in [-0.05, 0) is 37.5 Å². The molecule has 0 spiro atoms. The van der Waals surface area contributed by atoms with Crippen LogP contribution in [0.4, 0.5) is 0 Å². The summed E-state index contributed by atoms with van der Waals surface area (Å²) in [7, 11) is 1.56. The van der Waals surface area contributed by atoms with Crippen molar-refractivity contribution in [1.82, 2.24) is 19.3 Å². The smallest absolute Gasteiger partial charge is 0.267 e. The van der Waals surface area contributed by atoms with Crippen LogP contribution in [-0.2, 0) is 16.0 Å². The molecule has 0 aromatic carbocycles. The molecule has 1 amide bonds. The van der Waals surface area contributed by atoms with Gasteiger partial charge in [-0.1, -0.05) is 6.07 Å². The van der Waals surface area contributed by atoms with Crippen LogP contribution in [0, 0.1) is 12.3 Å². The second-order valence-electron chi connectivity index (χ2n) is 7.48. The Labute approximate surface area is 172 Å². The number of aromatic nitrogens is 3. The lowest BCUT2D eigenvalue weighted by molar-refractivity contribution is 0.0855. The summed E-state index contributed by atoms with van der Waals surface area (Å²) >= 11 is 0. The minimum atomic E-state index is -0.405. The van der Waals surface area contributed by atoms with Gasteiger partial charge in [0.1, 0.15) is 16.8 Å². The fraction of sp³-hybridized carbons (Fsp3) is 0.429. The van der Waals surface area contributed by atoms with Crippen LogP contribution in [0.1, 0.15) is 28.8 Å². The highest BCUT2D eigenvalue weighted by Gasteiger charge is 2.20. The van der Waals surface area contributed by atoms with Gasteiger partial charge in [-0.2, -0.15) is 0 Å². The number of methoxy groups -OCH3 is 1. The number of nitrogens with zero attached hydrogens (tertiary/aromatic N) is 3. The van der Waals surface area contributed by atoms with E-state index in [1.807, 2.05) is 13.0 Å². The molecule has 0 unspecified atom stereocenters. The van der Waals surface area contributed by atoms with Gasteiger partial charge in [0, 0.05) is 33.0 Å². The molecule has 9 heteroatoms. The summed E-state index contributed by atoms with van der Waals surface area (Å²) in [5.74, 6) is -0.405. The molecule has 0 radical (unpaired) electrons. The average molecular weight is 411 g/mol. The summed E-state index contributed by atoms with van der Waals surface area (Å²) in [5.41, 5.74) is 1.61. The van der Waals surface area contributed by atoms with E-state index in [1.165, 1.54) is 10.5 Å². The van der Waals surface area contributed by atoms with Gasteiger partial charge in [0.25, 0.3) is 11.5 Å². The number of hydrogen-bond acceptors (Lipinski definition) is 6. The summed E-state index contributed by atoms with van der Waals surface area (Å²) in [6, 6.07) is 5.11. The van der Waals surface area contributed by atoms with Crippen molar-refractivity contribution in [1.29, 1.82) is 5.41 Å². The molecule has 1 atom stereocenters. The molecule has 2 N–H and O–H groups in total. The van der Waals surface area contributed by atoms with Crippen molar-refractivity contribution in [2.75, 3.05) is 26.9 Å². The normalized spacial score (nSPS) is 16.4. The Morgan fingerprint density at radius 1 is 1.43 bits per heavy atom. The fourth-order valence-electron chi connectivity index (χ4n) is 3.72. The molecule has 1 fully saturated rings. The zero-order valence-corrected chi connectivity index (χ0v) is 17.1. The SMILES string of the molecule is COCCn1c(=N)c(C(=O)NC[C@@H]2CCCO2)cc2c(=O)n3cc(C)ccc3nc21. The molecule has 1 saturated heterocycles. The number of amides is 1. The van der Waals surface area contributed by atoms with Crippen molar-refractivity contribution in [3.8, 4) is 0 Å². The van der Waals surface area contributed by atoms with Crippen LogP contribution in [0.5, 0.6) is 0 Å². The zero-order chi connectivity index (χ0) is 21.3. The van der Waals surface area contributed by atoms with Crippen molar-refractivity contribution >= 4 is 22.6 Å². The van der Waals surface area contributed by atoms with Crippen LogP contribution in [0.15, 0.2) is 29.2 Å². The highest BCUT2D eigenvalue weighted by atomic mass is 16.5. The third-order valence-electron chi connectivity index (χ3n) is 5.33. The monoisotopic (exact) mass is 411 g/mol. The van der Waals surface area contributed by atoms with E-state index in [0.717, 1.165) is 18.4 Å². The van der Waals surface area contributed by atoms with Crippen molar-refractivity contribution in [3.05, 3.63) is 51.4 Å². The Morgan fingerprint density at radius 2 is 2.27 bits per heavy atom. The van der Waals surface area contributed by atoms with Gasteiger partial charge in [0.15, 0.2) is 0 Å². The quantitative estimate of drug-likeness (QED) is 0.588. The van der Waals surface area contributed by atoms with Crippen molar-refractivity contribution in [2.24, 2.45) is 0 Å². The van der Waals surface area contributed by atoms with E-state index in [4.69, 9.17) is 14.9 Å². The molecule has 158 valence electrons. The number of rotatable bonds is 6. The maximum Gasteiger partial charge on any atom is 0.267 e. The summed E-state index contributed by atoms with van der Waals surface area (Å²) in [6.07, 6.45) is 3.58. The summed E-state index contributed by atoms with van der Waals surface area (Å²) in [6.45, 7) is 3.59. The molecule has 1 aliphatic heterocycles. The summed E-state index contributed by atoms with van der Waals surface area (Å²) < 4.78 is 13.7. The molecule has 3 aromatic rings. The molecule has 30 heavy (non-hydrogen) atoms. The lowest BCUT2D eigenvalue weighted by Crippen LogP contribution is -2.38. The van der Waals surface area contributed by atoms with Crippen molar-refractivity contribution in [2.45, 2.75) is 32.4 Å². The van der Waals surface area contributed by atoms with Crippen LogP contribution < -0.4 is 16.4 Å². The lowest BCUT2D eigenvalue weighted by atomic mass is 10.1. The lowest BCUT2D eigenvalue weighted by Gasteiger charge is -2.15. The molecule has 0 bridgehead atoms. The summed E-state index contributed by atoms with van der Waals surface area (Å²) in [4.78, 5) is 30.6. The van der Waals surface area contributed by atoms with E-state index in [2.05, 4.69) is 10.3 Å². The molecular formula is C21H25N5O4. The maximum absolute atomic E-state index is 13.2. The number of carbonyl (C=O) groups excluding carboxylic acids is 1. The number of hydrogen-bond donors (Lipinski definition) is 2. The van der Waals surface area contributed by atoms with Crippen molar-refractivity contribution in [3.63, 3.8) is 0 Å². The highest BCUT2D eigenvalue weighted by Crippen LogP contribution is 2.13. The predicted octanol–water partition coefficient (Wildman–Crippen LogP) is 0.992. The number of carbonyl (C=O) groups is 1. The van der Waals surface area contributed by atoms with E-state index in [9.17, 15) is 9.59 Å². The topological polar surface area (TPSA) is 111 Å². The van der Waals surface area contributed by atoms with Gasteiger partial charge in [-0.25, -0.2) is 4.98 Å². The molecule has 3 aromatic heterocycles. The second-order valence-corrected chi connectivity index (χ2v) is 7.48. The largest absolute Gasteiger partial charge is 0.383 e. The van der Waals surface area contributed by atoms with Gasteiger partial charge in [0.05, 0.1) is 23.7 Å². The van der Waals surface area contributed by atoms with Crippen molar-refractivity contribution < 1.29 is 14.3 Å². The molecular weight excluding hydrogens is 386 g/mol. The highest BCUT2D eigenvalue weighted by molar-refractivity contribution is 5.96. The minimum Gasteiger partial charge on any atom is -0.383 e. The van der Waals surface area contributed by atoms with Crippen LogP contribution in [-0.4, -0.2) is 52.8 Å². The number of ether oxygens (including phenoxy) is 2. The third-order valence-corrected chi connectivity index (χ3v) is 5.33. The number of aryl methyl sites for hydroxylation is 1. The van der Waals surface area contributed by atoms with Gasteiger partial charge in [-0.15, -0.1) is 0 Å². The fourth-order valence-corrected chi connectivity index (χ4v) is 3.72. The zero-order valence-electron chi connectivity index (χ0n) is 17.1. The molecule has 9 nitrogen and oxygen atoms in total. The summed E-state index contributed by atoms with van der Waals surface area (Å²) in [5, 5.41) is 11.7. The third kappa shape index (κ3) is 3.73. The standard InChI is InChI=1S/C21H25N5O4/c1-13-5-6-17-24-19-16(21(28)26(17)12-13)10-15(18(22)25(19)7-9-29-2)20(27)23-11-14-4-3-8-30-14/h5-6,10,12,14,22H,3-4,7-9,11H2,1-2H3,(H,23,27)/t14-/m0/s1. The van der Waals surface area contributed by atoms with Gasteiger partial charge < -0.3 is 19.4 Å². The maximum atomic E-state index is 13.2. The van der Waals surface area contributed by atoms with Gasteiger partial charge >= 0.3 is 0 Å². The second kappa shape index (κ2) is 8.37. The average Bonchev–Trinajstić information content (AvgIpc) is 3.26. The van der Waals surface area contributed by atoms with Gasteiger partial charge in [-0.3, -0.25) is 19.4 Å². The van der Waals surface area contributed by atoms with Crippen LogP contribution >= 0.6 is 0 Å². The number of pyridine rings is 2. The predicted molar refractivity (Wildman–Crippen MR) is 111 cm³/mol. The van der Waals surface area contributed by atoms with Gasteiger partial charge in [0.2, 0.25) is 0 Å².